The molecule has 1 rings (SSSR count). The van der Waals surface area contributed by atoms with Gasteiger partial charge in [-0.15, -0.1) is 0 Å². The van der Waals surface area contributed by atoms with Crippen LogP contribution < -0.4 is 0 Å². The molecule has 0 radical (unpaired) electrons. The molecule has 0 aliphatic carbocycles. The third-order valence-electron chi connectivity index (χ3n) is 4.32. The Bertz CT molecular complexity index is 225. The molecular weight excluding hydrogens is 276 g/mol. The Kier molecular flexibility index (Phi) is 5.48. The van der Waals surface area contributed by atoms with Crippen LogP contribution in [-0.4, -0.2) is 53.9 Å². The maximum absolute atomic E-state index is 3.68. The van der Waals surface area contributed by atoms with Gasteiger partial charge in [-0.2, -0.15) is 0 Å². The van der Waals surface area contributed by atoms with Crippen molar-refractivity contribution in [2.45, 2.75) is 46.7 Å². The largest absolute Gasteiger partial charge is 0.300 e. The van der Waals surface area contributed by atoms with Crippen LogP contribution in [0.4, 0.5) is 0 Å². The number of nitrogens with zero attached hydrogens (tertiary/aromatic N) is 2. The minimum absolute atomic E-state index is 0.388. The third kappa shape index (κ3) is 4.22. The average Bonchev–Trinajstić information content (AvgIpc) is 2.20. The summed E-state index contributed by atoms with van der Waals surface area (Å²) in [5.41, 5.74) is 0.388. The molecule has 3 atom stereocenters. The van der Waals surface area contributed by atoms with Gasteiger partial charge in [0.1, 0.15) is 0 Å². The smallest absolute Gasteiger partial charge is 0.0195 e. The molecule has 1 heterocycles. The van der Waals surface area contributed by atoms with Crippen LogP contribution in [0.1, 0.15) is 34.6 Å². The van der Waals surface area contributed by atoms with Gasteiger partial charge in [0.15, 0.2) is 0 Å². The van der Waals surface area contributed by atoms with Crippen molar-refractivity contribution in [2.75, 3.05) is 32.0 Å². The average molecular weight is 305 g/mol. The number of rotatable bonds is 3. The summed E-state index contributed by atoms with van der Waals surface area (Å²) in [7, 11) is 2.25. The first-order chi connectivity index (χ1) is 7.75. The molecule has 102 valence electrons. The molecule has 0 spiro atoms. The highest BCUT2D eigenvalue weighted by atomic mass is 79.9. The van der Waals surface area contributed by atoms with Gasteiger partial charge in [0.05, 0.1) is 0 Å². The van der Waals surface area contributed by atoms with Gasteiger partial charge in [-0.1, -0.05) is 36.7 Å². The highest BCUT2D eigenvalue weighted by Crippen LogP contribution is 2.29. The third-order valence-corrected chi connectivity index (χ3v) is 5.11. The topological polar surface area (TPSA) is 6.48 Å². The number of halogens is 1. The molecular formula is C14H29BrN2. The van der Waals surface area contributed by atoms with Crippen LogP contribution >= 0.6 is 15.9 Å². The summed E-state index contributed by atoms with van der Waals surface area (Å²) in [6.45, 7) is 15.4. The molecule has 0 saturated carbocycles. The number of hydrogen-bond donors (Lipinski definition) is 0. The van der Waals surface area contributed by atoms with Crippen molar-refractivity contribution in [1.82, 2.24) is 9.80 Å². The van der Waals surface area contributed by atoms with E-state index in [0.29, 0.717) is 17.5 Å². The predicted octanol–water partition coefficient (Wildman–Crippen LogP) is 3.07. The Labute approximate surface area is 116 Å². The van der Waals surface area contributed by atoms with Crippen LogP contribution in [0, 0.1) is 11.3 Å². The lowest BCUT2D eigenvalue weighted by molar-refractivity contribution is 0.0406. The number of piperazine rings is 1. The molecule has 0 aromatic heterocycles. The first-order valence-electron chi connectivity index (χ1n) is 6.76. The van der Waals surface area contributed by atoms with E-state index in [1.54, 1.807) is 0 Å². The first kappa shape index (κ1) is 15.5. The maximum atomic E-state index is 3.68. The van der Waals surface area contributed by atoms with E-state index in [4.69, 9.17) is 0 Å². The number of alkyl halides is 1. The standard InChI is InChI=1S/C14H29BrN2/c1-11-8-17(9-12(2)16(11)6)10-13(7-15)14(3,4)5/h11-13H,7-10H2,1-6H3. The molecule has 3 heteroatoms. The number of likely N-dealkylation sites (N-methyl/N-ethyl adjacent to an activating group) is 1. The van der Waals surface area contributed by atoms with Crippen LogP contribution in [0.3, 0.4) is 0 Å². The fraction of sp³-hybridized carbons (Fsp3) is 1.00. The van der Waals surface area contributed by atoms with Crippen LogP contribution in [0.25, 0.3) is 0 Å². The second-order valence-corrected chi connectivity index (χ2v) is 7.45. The summed E-state index contributed by atoms with van der Waals surface area (Å²) in [6, 6.07) is 1.35. The van der Waals surface area contributed by atoms with Crippen LogP contribution in [0.2, 0.25) is 0 Å². The summed E-state index contributed by atoms with van der Waals surface area (Å²) in [5, 5.41) is 1.10. The summed E-state index contributed by atoms with van der Waals surface area (Å²) < 4.78 is 0. The second-order valence-electron chi connectivity index (χ2n) is 6.80. The number of hydrogen-bond acceptors (Lipinski definition) is 2. The van der Waals surface area contributed by atoms with Crippen LogP contribution in [0.5, 0.6) is 0 Å². The molecule has 3 unspecified atom stereocenters. The molecule has 0 aromatic carbocycles. The monoisotopic (exact) mass is 304 g/mol. The van der Waals surface area contributed by atoms with E-state index < -0.39 is 0 Å². The van der Waals surface area contributed by atoms with E-state index in [0.717, 1.165) is 11.2 Å². The molecule has 1 aliphatic heterocycles. The zero-order valence-corrected chi connectivity index (χ0v) is 13.9. The lowest BCUT2D eigenvalue weighted by Crippen LogP contribution is -2.56. The highest BCUT2D eigenvalue weighted by molar-refractivity contribution is 9.09. The Hall–Kier alpha value is 0.400. The van der Waals surface area contributed by atoms with E-state index in [9.17, 15) is 0 Å². The molecule has 0 aromatic rings. The van der Waals surface area contributed by atoms with Crippen LogP contribution in [-0.2, 0) is 0 Å². The summed E-state index contributed by atoms with van der Waals surface area (Å²) in [6.07, 6.45) is 0. The quantitative estimate of drug-likeness (QED) is 0.739. The van der Waals surface area contributed by atoms with Gasteiger partial charge >= 0.3 is 0 Å². The van der Waals surface area contributed by atoms with Crippen molar-refractivity contribution in [1.29, 1.82) is 0 Å². The fourth-order valence-electron chi connectivity index (χ4n) is 2.53. The van der Waals surface area contributed by atoms with Gasteiger partial charge in [0.2, 0.25) is 0 Å². The fourth-order valence-corrected chi connectivity index (χ4v) is 3.70. The maximum Gasteiger partial charge on any atom is 0.0195 e. The second kappa shape index (κ2) is 6.03. The normalized spacial score (nSPS) is 30.5. The van der Waals surface area contributed by atoms with Crippen molar-refractivity contribution in [2.24, 2.45) is 11.3 Å². The molecule has 1 saturated heterocycles. The summed E-state index contributed by atoms with van der Waals surface area (Å²) in [5.74, 6) is 0.727. The molecule has 0 N–H and O–H groups in total. The lowest BCUT2D eigenvalue weighted by Gasteiger charge is -2.44. The Morgan fingerprint density at radius 3 is 2.00 bits per heavy atom. The van der Waals surface area contributed by atoms with Gasteiger partial charge in [-0.3, -0.25) is 9.80 Å². The van der Waals surface area contributed by atoms with E-state index in [1.165, 1.54) is 19.6 Å². The van der Waals surface area contributed by atoms with E-state index >= 15 is 0 Å². The zero-order chi connectivity index (χ0) is 13.2. The van der Waals surface area contributed by atoms with E-state index in [1.807, 2.05) is 0 Å². The molecule has 1 aliphatic rings. The minimum Gasteiger partial charge on any atom is -0.300 e. The molecule has 1 fully saturated rings. The van der Waals surface area contributed by atoms with Gasteiger partial charge in [0.25, 0.3) is 0 Å². The van der Waals surface area contributed by atoms with Crippen molar-refractivity contribution < 1.29 is 0 Å². The Morgan fingerprint density at radius 1 is 1.18 bits per heavy atom. The van der Waals surface area contributed by atoms with E-state index in [2.05, 4.69) is 67.4 Å². The molecule has 0 bridgehead atoms. The van der Waals surface area contributed by atoms with E-state index in [-0.39, 0.29) is 0 Å². The zero-order valence-electron chi connectivity index (χ0n) is 12.3. The minimum atomic E-state index is 0.388. The van der Waals surface area contributed by atoms with Gasteiger partial charge < -0.3 is 0 Å². The van der Waals surface area contributed by atoms with Crippen molar-refractivity contribution in [3.05, 3.63) is 0 Å². The van der Waals surface area contributed by atoms with Crippen molar-refractivity contribution >= 4 is 15.9 Å². The van der Waals surface area contributed by atoms with Gasteiger partial charge in [-0.25, -0.2) is 0 Å². The Balaban J connectivity index is 2.57. The molecule has 2 nitrogen and oxygen atoms in total. The van der Waals surface area contributed by atoms with Crippen molar-refractivity contribution in [3.8, 4) is 0 Å². The molecule has 0 amide bonds. The molecule has 17 heavy (non-hydrogen) atoms. The van der Waals surface area contributed by atoms with Gasteiger partial charge in [-0.05, 0) is 32.2 Å². The van der Waals surface area contributed by atoms with Gasteiger partial charge in [0, 0.05) is 37.0 Å². The SMILES string of the molecule is CC1CN(CC(CBr)C(C)(C)C)CC(C)N1C. The highest BCUT2D eigenvalue weighted by Gasteiger charge is 2.31. The first-order valence-corrected chi connectivity index (χ1v) is 7.88. The van der Waals surface area contributed by atoms with Crippen molar-refractivity contribution in [3.63, 3.8) is 0 Å². The summed E-state index contributed by atoms with van der Waals surface area (Å²) in [4.78, 5) is 5.14. The lowest BCUT2D eigenvalue weighted by atomic mass is 9.81. The Morgan fingerprint density at radius 2 is 1.65 bits per heavy atom. The summed E-state index contributed by atoms with van der Waals surface area (Å²) >= 11 is 3.68. The predicted molar refractivity (Wildman–Crippen MR) is 79.9 cm³/mol. The van der Waals surface area contributed by atoms with Crippen LogP contribution in [0.15, 0.2) is 0 Å².